The predicted molar refractivity (Wildman–Crippen MR) is 93.1 cm³/mol. The summed E-state index contributed by atoms with van der Waals surface area (Å²) in [4.78, 5) is 22.7. The summed E-state index contributed by atoms with van der Waals surface area (Å²) in [5.74, 6) is -0.536. The molecule has 0 heterocycles. The molecule has 0 spiro atoms. The second kappa shape index (κ2) is 8.48. The molecule has 0 aliphatic heterocycles. The minimum absolute atomic E-state index is 0.0929. The Morgan fingerprint density at radius 2 is 1.71 bits per heavy atom. The zero-order valence-corrected chi connectivity index (χ0v) is 13.1. The second-order valence-corrected chi connectivity index (χ2v) is 5.14. The van der Waals surface area contributed by atoms with E-state index in [9.17, 15) is 9.59 Å². The Labute approximate surface area is 140 Å². The van der Waals surface area contributed by atoms with Gasteiger partial charge in [-0.3, -0.25) is 4.79 Å². The van der Waals surface area contributed by atoms with Gasteiger partial charge in [-0.05, 0) is 35.9 Å². The van der Waals surface area contributed by atoms with Crippen LogP contribution in [0.3, 0.4) is 0 Å². The van der Waals surface area contributed by atoms with Crippen LogP contribution in [0.5, 0.6) is 5.75 Å². The number of aliphatic carboxylic acids is 1. The number of carbonyl (C=O) groups is 2. The van der Waals surface area contributed by atoms with Crippen molar-refractivity contribution in [3.63, 3.8) is 0 Å². The number of allylic oxidation sites excluding steroid dienone is 1. The highest BCUT2D eigenvalue weighted by atomic mass is 16.5. The number of ketones is 1. The first-order valence-electron chi connectivity index (χ1n) is 7.47. The van der Waals surface area contributed by atoms with Gasteiger partial charge in [0.05, 0.1) is 6.61 Å². The van der Waals surface area contributed by atoms with Gasteiger partial charge < -0.3 is 9.84 Å². The third-order valence-electron chi connectivity index (χ3n) is 3.34. The van der Waals surface area contributed by atoms with E-state index in [0.717, 1.165) is 5.56 Å². The first-order valence-corrected chi connectivity index (χ1v) is 7.47. The Morgan fingerprint density at radius 3 is 2.33 bits per heavy atom. The first kappa shape index (κ1) is 17.2. The van der Waals surface area contributed by atoms with Crippen LogP contribution < -0.4 is 4.74 Å². The van der Waals surface area contributed by atoms with Gasteiger partial charge >= 0.3 is 5.97 Å². The lowest BCUT2D eigenvalue weighted by molar-refractivity contribution is -0.132. The predicted octanol–water partition coefficient (Wildman–Crippen LogP) is 3.99. The van der Waals surface area contributed by atoms with E-state index >= 15 is 0 Å². The topological polar surface area (TPSA) is 63.6 Å². The zero-order chi connectivity index (χ0) is 17.4. The monoisotopic (exact) mass is 322 g/mol. The minimum Gasteiger partial charge on any atom is -0.493 e. The van der Waals surface area contributed by atoms with Crippen molar-refractivity contribution >= 4 is 17.8 Å². The zero-order valence-electron chi connectivity index (χ0n) is 13.1. The van der Waals surface area contributed by atoms with Crippen molar-refractivity contribution in [2.45, 2.75) is 6.42 Å². The quantitative estimate of drug-likeness (QED) is 0.589. The van der Waals surface area contributed by atoms with Crippen LogP contribution in [0.4, 0.5) is 0 Å². The van der Waals surface area contributed by atoms with Gasteiger partial charge in [-0.1, -0.05) is 43.0 Å². The fraction of sp³-hybridized carbons (Fsp3) is 0.100. The highest BCUT2D eigenvalue weighted by Gasteiger charge is 2.05. The molecule has 0 saturated carbocycles. The molecule has 0 aromatic heterocycles. The van der Waals surface area contributed by atoms with E-state index in [1.54, 1.807) is 30.3 Å². The third-order valence-corrected chi connectivity index (χ3v) is 3.34. The number of hydrogen-bond donors (Lipinski definition) is 1. The van der Waals surface area contributed by atoms with Crippen molar-refractivity contribution in [1.82, 2.24) is 0 Å². The molecule has 0 fully saturated rings. The van der Waals surface area contributed by atoms with Gasteiger partial charge in [-0.15, -0.1) is 0 Å². The number of ether oxygens (including phenoxy) is 1. The summed E-state index contributed by atoms with van der Waals surface area (Å²) in [6.07, 6.45) is 3.54. The molecule has 0 radical (unpaired) electrons. The molecular formula is C20H18O4. The molecular weight excluding hydrogens is 304 g/mol. The lowest BCUT2D eigenvalue weighted by atomic mass is 10.1. The highest BCUT2D eigenvalue weighted by Crippen LogP contribution is 2.14. The Kier molecular flexibility index (Phi) is 6.08. The Hall–Kier alpha value is -3.14. The Morgan fingerprint density at radius 1 is 1.04 bits per heavy atom. The average molecular weight is 322 g/mol. The highest BCUT2D eigenvalue weighted by molar-refractivity contribution is 6.06. The summed E-state index contributed by atoms with van der Waals surface area (Å²) in [6, 6.07) is 16.3. The number of benzene rings is 2. The van der Waals surface area contributed by atoms with Crippen LogP contribution in [-0.4, -0.2) is 23.5 Å². The van der Waals surface area contributed by atoms with Gasteiger partial charge in [0.25, 0.3) is 0 Å². The number of carboxylic acids is 1. The fourth-order valence-corrected chi connectivity index (χ4v) is 1.95. The Bertz CT molecular complexity index is 743. The summed E-state index contributed by atoms with van der Waals surface area (Å²) >= 11 is 0. The van der Waals surface area contributed by atoms with Crippen molar-refractivity contribution in [3.8, 4) is 5.75 Å². The van der Waals surface area contributed by atoms with Crippen LogP contribution in [-0.2, 0) is 4.79 Å². The first-order chi connectivity index (χ1) is 11.6. The van der Waals surface area contributed by atoms with Crippen molar-refractivity contribution in [3.05, 3.63) is 84.0 Å². The van der Waals surface area contributed by atoms with Crippen LogP contribution in [0.25, 0.3) is 6.08 Å². The van der Waals surface area contributed by atoms with Crippen molar-refractivity contribution in [2.24, 2.45) is 0 Å². The molecule has 0 atom stereocenters. The summed E-state index contributed by atoms with van der Waals surface area (Å²) in [5, 5.41) is 8.71. The molecule has 2 rings (SSSR count). The maximum Gasteiger partial charge on any atom is 0.331 e. The fourth-order valence-electron chi connectivity index (χ4n) is 1.95. The third kappa shape index (κ3) is 5.25. The van der Waals surface area contributed by atoms with Crippen LogP contribution >= 0.6 is 0 Å². The van der Waals surface area contributed by atoms with E-state index in [0.29, 0.717) is 11.3 Å². The van der Waals surface area contributed by atoms with Crippen LogP contribution in [0.2, 0.25) is 0 Å². The molecule has 122 valence electrons. The van der Waals surface area contributed by atoms with Crippen LogP contribution in [0.15, 0.2) is 72.8 Å². The maximum atomic E-state index is 12.1. The SMILES string of the molecule is C=C(CCOc1ccc(C(=O)C=Cc2ccccc2)cc1)C(=O)O. The second-order valence-electron chi connectivity index (χ2n) is 5.14. The number of rotatable bonds is 8. The Balaban J connectivity index is 1.89. The standard InChI is InChI=1S/C20H18O4/c1-15(20(22)23)13-14-24-18-10-8-17(9-11-18)19(21)12-7-16-5-3-2-4-6-16/h2-12H,1,13-14H2,(H,22,23). The number of hydrogen-bond acceptors (Lipinski definition) is 3. The molecule has 0 aliphatic rings. The number of carbonyl (C=O) groups excluding carboxylic acids is 1. The van der Waals surface area contributed by atoms with Gasteiger partial charge in [-0.2, -0.15) is 0 Å². The van der Waals surface area contributed by atoms with Gasteiger partial charge in [0, 0.05) is 17.6 Å². The number of carboxylic acid groups (broad SMARTS) is 1. The molecule has 0 amide bonds. The summed E-state index contributed by atoms with van der Waals surface area (Å²) in [5.41, 5.74) is 1.63. The van der Waals surface area contributed by atoms with Crippen molar-refractivity contribution in [1.29, 1.82) is 0 Å². The molecule has 4 heteroatoms. The van der Waals surface area contributed by atoms with Gasteiger partial charge in [-0.25, -0.2) is 4.79 Å². The molecule has 0 bridgehead atoms. The molecule has 0 aliphatic carbocycles. The van der Waals surface area contributed by atoms with Gasteiger partial charge in [0.2, 0.25) is 0 Å². The summed E-state index contributed by atoms with van der Waals surface area (Å²) < 4.78 is 5.44. The normalized spacial score (nSPS) is 10.5. The van der Waals surface area contributed by atoms with E-state index in [-0.39, 0.29) is 24.4 Å². The summed E-state index contributed by atoms with van der Waals surface area (Å²) in [7, 11) is 0. The van der Waals surface area contributed by atoms with Crippen molar-refractivity contribution < 1.29 is 19.4 Å². The van der Waals surface area contributed by atoms with Crippen molar-refractivity contribution in [2.75, 3.05) is 6.61 Å². The molecule has 1 N–H and O–H groups in total. The van der Waals surface area contributed by atoms with E-state index < -0.39 is 5.97 Å². The molecule has 2 aromatic carbocycles. The van der Waals surface area contributed by atoms with E-state index in [1.807, 2.05) is 30.3 Å². The van der Waals surface area contributed by atoms with Gasteiger partial charge in [0.1, 0.15) is 5.75 Å². The van der Waals surface area contributed by atoms with E-state index in [2.05, 4.69) is 6.58 Å². The molecule has 4 nitrogen and oxygen atoms in total. The largest absolute Gasteiger partial charge is 0.493 e. The molecule has 0 unspecified atom stereocenters. The summed E-state index contributed by atoms with van der Waals surface area (Å²) in [6.45, 7) is 3.66. The smallest absolute Gasteiger partial charge is 0.331 e. The van der Waals surface area contributed by atoms with E-state index in [4.69, 9.17) is 9.84 Å². The maximum absolute atomic E-state index is 12.1. The van der Waals surface area contributed by atoms with Crippen LogP contribution in [0.1, 0.15) is 22.3 Å². The lowest BCUT2D eigenvalue weighted by Gasteiger charge is -2.06. The molecule has 24 heavy (non-hydrogen) atoms. The van der Waals surface area contributed by atoms with Gasteiger partial charge in [0.15, 0.2) is 5.78 Å². The van der Waals surface area contributed by atoms with Crippen LogP contribution in [0, 0.1) is 0 Å². The molecule has 2 aromatic rings. The molecule has 0 saturated heterocycles. The average Bonchev–Trinajstić information content (AvgIpc) is 2.61. The lowest BCUT2D eigenvalue weighted by Crippen LogP contribution is -2.05. The van der Waals surface area contributed by atoms with E-state index in [1.165, 1.54) is 6.08 Å². The minimum atomic E-state index is -1.02.